The summed E-state index contributed by atoms with van der Waals surface area (Å²) < 4.78 is 29.5. The van der Waals surface area contributed by atoms with Crippen LogP contribution in [0.2, 0.25) is 5.02 Å². The molecule has 1 N–H and O–H groups in total. The minimum atomic E-state index is -4.17. The third kappa shape index (κ3) is 8.53. The summed E-state index contributed by atoms with van der Waals surface area (Å²) in [7, 11) is -4.17. The highest BCUT2D eigenvalue weighted by atomic mass is 35.5. The largest absolute Gasteiger partial charge is 0.352 e. The van der Waals surface area contributed by atoms with Crippen LogP contribution >= 0.6 is 11.6 Å². The number of nitrogens with one attached hydrogen (secondary N) is 1. The van der Waals surface area contributed by atoms with Crippen molar-refractivity contribution >= 4 is 39.1 Å². The van der Waals surface area contributed by atoms with Gasteiger partial charge in [-0.25, -0.2) is 8.42 Å². The average molecular weight is 646 g/mol. The summed E-state index contributed by atoms with van der Waals surface area (Å²) in [5, 5.41) is 3.49. The summed E-state index contributed by atoms with van der Waals surface area (Å²) in [6, 6.07) is 29.1. The number of nitrogens with zero attached hydrogens (tertiary/aromatic N) is 2. The number of halogens is 1. The van der Waals surface area contributed by atoms with E-state index in [4.69, 9.17) is 11.6 Å². The van der Waals surface area contributed by atoms with Gasteiger partial charge in [-0.05, 0) is 68.1 Å². The number of hydrogen-bond donors (Lipinski definition) is 1. The van der Waals surface area contributed by atoms with Gasteiger partial charge in [0.2, 0.25) is 11.8 Å². The summed E-state index contributed by atoms with van der Waals surface area (Å²) >= 11 is 6.57. The van der Waals surface area contributed by atoms with E-state index in [1.807, 2.05) is 63.2 Å². The zero-order chi connectivity index (χ0) is 32.6. The van der Waals surface area contributed by atoms with Crippen LogP contribution in [0.3, 0.4) is 0 Å². The van der Waals surface area contributed by atoms with Gasteiger partial charge in [-0.15, -0.1) is 0 Å². The zero-order valence-electron chi connectivity index (χ0n) is 26.1. The second-order valence-electron chi connectivity index (χ2n) is 11.2. The first kappa shape index (κ1) is 33.7. The molecule has 236 valence electrons. The first-order chi connectivity index (χ1) is 21.5. The van der Waals surface area contributed by atoms with Gasteiger partial charge in [0.1, 0.15) is 12.6 Å². The van der Waals surface area contributed by atoms with Gasteiger partial charge in [-0.1, -0.05) is 103 Å². The molecule has 2 amide bonds. The van der Waals surface area contributed by atoms with Gasteiger partial charge >= 0.3 is 0 Å². The quantitative estimate of drug-likeness (QED) is 0.175. The standard InChI is InChI=1S/C36H40ClN3O4S/c1-5-28(4)38-36(42)34(23-29-14-7-6-8-15-29)39(24-30-16-10-11-17-32(30)37)35(41)25-40(33-18-12-9-13-27(33)3)45(43,44)31-21-19-26(2)20-22-31/h6-22,28,34H,5,23-25H2,1-4H3,(H,38,42)/t28-,34-/m0/s1. The molecule has 0 saturated heterocycles. The van der Waals surface area contributed by atoms with E-state index in [9.17, 15) is 18.0 Å². The van der Waals surface area contributed by atoms with Gasteiger partial charge in [0.05, 0.1) is 10.6 Å². The Bertz CT molecular complexity index is 1710. The molecular weight excluding hydrogens is 606 g/mol. The third-order valence-corrected chi connectivity index (χ3v) is 9.99. The van der Waals surface area contributed by atoms with Crippen molar-refractivity contribution < 1.29 is 18.0 Å². The highest BCUT2D eigenvalue weighted by molar-refractivity contribution is 7.92. The Morgan fingerprint density at radius 3 is 2.11 bits per heavy atom. The van der Waals surface area contributed by atoms with Crippen molar-refractivity contribution in [2.45, 2.75) is 64.1 Å². The normalized spacial score (nSPS) is 12.6. The molecule has 0 aromatic heterocycles. The Labute approximate surface area is 271 Å². The van der Waals surface area contributed by atoms with Crippen LogP contribution in [-0.2, 0) is 32.6 Å². The van der Waals surface area contributed by atoms with Crippen LogP contribution in [0.15, 0.2) is 108 Å². The second-order valence-corrected chi connectivity index (χ2v) is 13.5. The van der Waals surface area contributed by atoms with E-state index in [1.165, 1.54) is 4.90 Å². The molecule has 0 aliphatic heterocycles. The van der Waals surface area contributed by atoms with E-state index in [0.29, 0.717) is 28.3 Å². The molecule has 9 heteroatoms. The number of hydrogen-bond acceptors (Lipinski definition) is 4. The molecule has 4 rings (SSSR count). The van der Waals surface area contributed by atoms with Gasteiger partial charge < -0.3 is 10.2 Å². The fourth-order valence-corrected chi connectivity index (χ4v) is 6.67. The van der Waals surface area contributed by atoms with E-state index < -0.39 is 28.5 Å². The molecule has 0 unspecified atom stereocenters. The smallest absolute Gasteiger partial charge is 0.264 e. The molecule has 2 atom stereocenters. The zero-order valence-corrected chi connectivity index (χ0v) is 27.7. The Balaban J connectivity index is 1.83. The van der Waals surface area contributed by atoms with Crippen molar-refractivity contribution in [1.29, 1.82) is 0 Å². The predicted molar refractivity (Wildman–Crippen MR) is 181 cm³/mol. The fraction of sp³-hybridized carbons (Fsp3) is 0.278. The van der Waals surface area contributed by atoms with Crippen LogP contribution in [0.5, 0.6) is 0 Å². The predicted octanol–water partition coefficient (Wildman–Crippen LogP) is 6.71. The number of benzene rings is 4. The van der Waals surface area contributed by atoms with Crippen molar-refractivity contribution in [2.75, 3.05) is 10.8 Å². The SMILES string of the molecule is CC[C@H](C)NC(=O)[C@H](Cc1ccccc1)N(Cc1ccccc1Cl)C(=O)CN(c1ccccc1C)S(=O)(=O)c1ccc(C)cc1. The highest BCUT2D eigenvalue weighted by Gasteiger charge is 2.35. The first-order valence-electron chi connectivity index (χ1n) is 15.0. The molecular formula is C36H40ClN3O4S. The number of carbonyl (C=O) groups is 2. The molecule has 4 aromatic carbocycles. The van der Waals surface area contributed by atoms with Gasteiger partial charge in [0.25, 0.3) is 10.0 Å². The fourth-order valence-electron chi connectivity index (χ4n) is 5.00. The Morgan fingerprint density at radius 1 is 0.844 bits per heavy atom. The van der Waals surface area contributed by atoms with E-state index in [1.54, 1.807) is 67.6 Å². The molecule has 4 aromatic rings. The maximum Gasteiger partial charge on any atom is 0.264 e. The van der Waals surface area contributed by atoms with Crippen molar-refractivity contribution in [1.82, 2.24) is 10.2 Å². The molecule has 0 aliphatic carbocycles. The maximum absolute atomic E-state index is 14.6. The molecule has 0 heterocycles. The lowest BCUT2D eigenvalue weighted by atomic mass is 10.0. The highest BCUT2D eigenvalue weighted by Crippen LogP contribution is 2.28. The molecule has 0 saturated carbocycles. The second kappa shape index (κ2) is 15.2. The average Bonchev–Trinajstić information content (AvgIpc) is 3.03. The van der Waals surface area contributed by atoms with Crippen molar-refractivity contribution in [3.05, 3.63) is 130 Å². The van der Waals surface area contributed by atoms with Crippen LogP contribution in [0.1, 0.15) is 42.5 Å². The van der Waals surface area contributed by atoms with E-state index in [2.05, 4.69) is 5.32 Å². The van der Waals surface area contributed by atoms with Crippen LogP contribution in [0, 0.1) is 13.8 Å². The Morgan fingerprint density at radius 2 is 1.47 bits per heavy atom. The molecule has 0 spiro atoms. The molecule has 0 radical (unpaired) electrons. The lowest BCUT2D eigenvalue weighted by Crippen LogP contribution is -2.54. The van der Waals surface area contributed by atoms with Crippen LogP contribution in [0.4, 0.5) is 5.69 Å². The number of amides is 2. The minimum Gasteiger partial charge on any atom is -0.352 e. The Hall–Kier alpha value is -4.14. The van der Waals surface area contributed by atoms with Crippen LogP contribution < -0.4 is 9.62 Å². The molecule has 0 bridgehead atoms. The summed E-state index contributed by atoms with van der Waals surface area (Å²) in [5.74, 6) is -0.855. The van der Waals surface area contributed by atoms with Crippen molar-refractivity contribution in [3.63, 3.8) is 0 Å². The number of carbonyl (C=O) groups excluding carboxylic acids is 2. The number of para-hydroxylation sites is 1. The van der Waals surface area contributed by atoms with Gasteiger partial charge in [-0.2, -0.15) is 0 Å². The lowest BCUT2D eigenvalue weighted by molar-refractivity contribution is -0.140. The van der Waals surface area contributed by atoms with Gasteiger partial charge in [-0.3, -0.25) is 13.9 Å². The molecule has 45 heavy (non-hydrogen) atoms. The lowest BCUT2D eigenvalue weighted by Gasteiger charge is -2.34. The Kier molecular flexibility index (Phi) is 11.4. The summed E-state index contributed by atoms with van der Waals surface area (Å²) in [4.78, 5) is 30.0. The number of rotatable bonds is 13. The van der Waals surface area contributed by atoms with E-state index in [-0.39, 0.29) is 29.8 Å². The minimum absolute atomic E-state index is 0.0100. The summed E-state index contributed by atoms with van der Waals surface area (Å²) in [6.07, 6.45) is 0.937. The molecule has 0 aliphatic rings. The molecule has 7 nitrogen and oxygen atoms in total. The first-order valence-corrected chi connectivity index (χ1v) is 16.8. The van der Waals surface area contributed by atoms with Crippen molar-refractivity contribution in [2.24, 2.45) is 0 Å². The topological polar surface area (TPSA) is 86.8 Å². The van der Waals surface area contributed by atoms with Crippen molar-refractivity contribution in [3.8, 4) is 0 Å². The van der Waals surface area contributed by atoms with Crippen LogP contribution in [0.25, 0.3) is 0 Å². The number of aryl methyl sites for hydroxylation is 2. The number of anilines is 1. The van der Waals surface area contributed by atoms with Crippen LogP contribution in [-0.4, -0.2) is 43.8 Å². The van der Waals surface area contributed by atoms with Gasteiger partial charge in [0.15, 0.2) is 0 Å². The third-order valence-electron chi connectivity index (χ3n) is 7.84. The molecule has 0 fully saturated rings. The van der Waals surface area contributed by atoms with Gasteiger partial charge in [0, 0.05) is 24.0 Å². The maximum atomic E-state index is 14.6. The van der Waals surface area contributed by atoms with E-state index in [0.717, 1.165) is 15.4 Å². The summed E-state index contributed by atoms with van der Waals surface area (Å²) in [5.41, 5.74) is 3.49. The van der Waals surface area contributed by atoms with E-state index >= 15 is 0 Å². The summed E-state index contributed by atoms with van der Waals surface area (Å²) in [6.45, 7) is 7.05. The number of sulfonamides is 1. The monoisotopic (exact) mass is 645 g/mol.